The maximum atomic E-state index is 4.75. The first kappa shape index (κ1) is 24.0. The minimum Gasteiger partial charge on any atom is -0.375 e. The molecule has 6 heteroatoms. The summed E-state index contributed by atoms with van der Waals surface area (Å²) in [5, 5.41) is 3.22. The Labute approximate surface area is 180 Å². The molecule has 0 aliphatic rings. The first-order chi connectivity index (χ1) is 12.7. The highest BCUT2D eigenvalue weighted by Crippen LogP contribution is 2.32. The van der Waals surface area contributed by atoms with Crippen LogP contribution in [0.3, 0.4) is 0 Å². The normalized spacial score (nSPS) is 10.1. The van der Waals surface area contributed by atoms with Gasteiger partial charge in [-0.15, -0.1) is 24.8 Å². The first-order valence-electron chi connectivity index (χ1n) is 9.31. The largest absolute Gasteiger partial charge is 0.375 e. The fourth-order valence-corrected chi connectivity index (χ4v) is 3.14. The number of hydrogen-bond donors (Lipinski definition) is 1. The Morgan fingerprint density at radius 2 is 1.64 bits per heavy atom. The van der Waals surface area contributed by atoms with Gasteiger partial charge < -0.3 is 14.8 Å². The van der Waals surface area contributed by atoms with Crippen LogP contribution in [0.5, 0.6) is 0 Å². The molecule has 1 heterocycles. The standard InChI is InChI=1S/C22H28N4.2ClH/c1-4-25(3)20-13-11-19(12-14-20)22-21(18-9-6-5-7-10-18)24-17-26(22)16-8-15-23-2;;/h5-7,9-14,17,23H,4,8,15-16H2,1-3H3;2*1H. The third-order valence-electron chi connectivity index (χ3n) is 4.77. The number of benzene rings is 2. The maximum Gasteiger partial charge on any atom is 0.0963 e. The van der Waals surface area contributed by atoms with Crippen LogP contribution >= 0.6 is 24.8 Å². The van der Waals surface area contributed by atoms with Gasteiger partial charge in [-0.2, -0.15) is 0 Å². The number of anilines is 1. The van der Waals surface area contributed by atoms with Gasteiger partial charge in [0.1, 0.15) is 0 Å². The molecule has 0 saturated heterocycles. The number of aromatic nitrogens is 2. The fraction of sp³-hybridized carbons (Fsp3) is 0.318. The van der Waals surface area contributed by atoms with Crippen molar-refractivity contribution in [3.8, 4) is 22.5 Å². The zero-order valence-corrected chi connectivity index (χ0v) is 18.4. The van der Waals surface area contributed by atoms with Crippen molar-refractivity contribution in [2.24, 2.45) is 0 Å². The van der Waals surface area contributed by atoms with Crippen LogP contribution in [0, 0.1) is 0 Å². The molecule has 0 bridgehead atoms. The van der Waals surface area contributed by atoms with E-state index in [0.29, 0.717) is 0 Å². The molecule has 0 aliphatic carbocycles. The quantitative estimate of drug-likeness (QED) is 0.512. The van der Waals surface area contributed by atoms with E-state index >= 15 is 0 Å². The van der Waals surface area contributed by atoms with Crippen molar-refractivity contribution in [3.63, 3.8) is 0 Å². The predicted octanol–water partition coefficient (Wildman–Crippen LogP) is 5.13. The number of nitrogens with zero attached hydrogens (tertiary/aromatic N) is 3. The monoisotopic (exact) mass is 420 g/mol. The number of aryl methyl sites for hydroxylation is 1. The molecule has 28 heavy (non-hydrogen) atoms. The Morgan fingerprint density at radius 3 is 2.25 bits per heavy atom. The third-order valence-corrected chi connectivity index (χ3v) is 4.77. The third kappa shape index (κ3) is 5.51. The van der Waals surface area contributed by atoms with E-state index in [9.17, 15) is 0 Å². The first-order valence-corrected chi connectivity index (χ1v) is 9.31. The topological polar surface area (TPSA) is 33.1 Å². The molecule has 2 aromatic carbocycles. The lowest BCUT2D eigenvalue weighted by Gasteiger charge is -2.17. The summed E-state index contributed by atoms with van der Waals surface area (Å²) in [6, 6.07) is 19.2. The Kier molecular flexibility index (Phi) is 10.1. The molecule has 0 spiro atoms. The zero-order valence-electron chi connectivity index (χ0n) is 16.8. The van der Waals surface area contributed by atoms with Crippen molar-refractivity contribution in [1.82, 2.24) is 14.9 Å². The Balaban J connectivity index is 0.00000196. The van der Waals surface area contributed by atoms with Crippen LogP contribution in [-0.2, 0) is 6.54 Å². The summed E-state index contributed by atoms with van der Waals surface area (Å²) < 4.78 is 2.28. The van der Waals surface area contributed by atoms with Crippen LogP contribution in [0.2, 0.25) is 0 Å². The van der Waals surface area contributed by atoms with Crippen LogP contribution in [0.25, 0.3) is 22.5 Å². The summed E-state index contributed by atoms with van der Waals surface area (Å²) in [5.74, 6) is 0. The minimum atomic E-state index is 0. The van der Waals surface area contributed by atoms with Crippen molar-refractivity contribution in [1.29, 1.82) is 0 Å². The second-order valence-corrected chi connectivity index (χ2v) is 6.52. The van der Waals surface area contributed by atoms with Crippen molar-refractivity contribution >= 4 is 30.5 Å². The number of rotatable bonds is 8. The molecular formula is C22H30Cl2N4. The van der Waals surface area contributed by atoms with Crippen molar-refractivity contribution in [2.75, 3.05) is 32.1 Å². The highest BCUT2D eigenvalue weighted by Gasteiger charge is 2.15. The molecule has 0 saturated carbocycles. The second kappa shape index (κ2) is 11.7. The minimum absolute atomic E-state index is 0. The molecule has 3 rings (SSSR count). The van der Waals surface area contributed by atoms with Crippen LogP contribution in [0.4, 0.5) is 5.69 Å². The maximum absolute atomic E-state index is 4.75. The lowest BCUT2D eigenvalue weighted by atomic mass is 10.0. The number of imidazole rings is 1. The van der Waals surface area contributed by atoms with Gasteiger partial charge in [-0.1, -0.05) is 42.5 Å². The van der Waals surface area contributed by atoms with Gasteiger partial charge in [0, 0.05) is 37.0 Å². The molecule has 3 aromatic rings. The number of halogens is 2. The Morgan fingerprint density at radius 1 is 0.964 bits per heavy atom. The summed E-state index contributed by atoms with van der Waals surface area (Å²) in [6.45, 7) is 5.11. The smallest absolute Gasteiger partial charge is 0.0963 e. The van der Waals surface area contributed by atoms with E-state index in [1.54, 1.807) is 0 Å². The van der Waals surface area contributed by atoms with E-state index in [2.05, 4.69) is 77.3 Å². The second-order valence-electron chi connectivity index (χ2n) is 6.52. The van der Waals surface area contributed by atoms with E-state index in [4.69, 9.17) is 4.98 Å². The van der Waals surface area contributed by atoms with Gasteiger partial charge in [-0.25, -0.2) is 4.98 Å². The van der Waals surface area contributed by atoms with Gasteiger partial charge in [-0.05, 0) is 39.1 Å². The summed E-state index contributed by atoms with van der Waals surface area (Å²) in [7, 11) is 4.11. The predicted molar refractivity (Wildman–Crippen MR) is 125 cm³/mol. The Hall–Kier alpha value is -2.01. The van der Waals surface area contributed by atoms with Gasteiger partial charge in [0.05, 0.1) is 17.7 Å². The number of hydrogen-bond acceptors (Lipinski definition) is 3. The molecule has 0 aliphatic heterocycles. The molecule has 0 unspecified atom stereocenters. The fourth-order valence-electron chi connectivity index (χ4n) is 3.14. The van der Waals surface area contributed by atoms with Gasteiger partial charge in [0.25, 0.3) is 0 Å². The molecule has 152 valence electrons. The molecule has 0 radical (unpaired) electrons. The van der Waals surface area contributed by atoms with E-state index in [1.807, 2.05) is 19.4 Å². The zero-order chi connectivity index (χ0) is 18.4. The summed E-state index contributed by atoms with van der Waals surface area (Å²) in [6.07, 6.45) is 3.05. The molecule has 1 N–H and O–H groups in total. The highest BCUT2D eigenvalue weighted by molar-refractivity contribution is 5.85. The van der Waals surface area contributed by atoms with Gasteiger partial charge >= 0.3 is 0 Å². The average molecular weight is 421 g/mol. The van der Waals surface area contributed by atoms with E-state index in [0.717, 1.165) is 37.3 Å². The molecule has 0 atom stereocenters. The van der Waals surface area contributed by atoms with Gasteiger partial charge in [0.2, 0.25) is 0 Å². The van der Waals surface area contributed by atoms with Crippen molar-refractivity contribution in [2.45, 2.75) is 19.9 Å². The summed E-state index contributed by atoms with van der Waals surface area (Å²) in [5.41, 5.74) is 5.84. The Bertz CT molecular complexity index is 816. The van der Waals surface area contributed by atoms with Crippen LogP contribution in [0.1, 0.15) is 13.3 Å². The summed E-state index contributed by atoms with van der Waals surface area (Å²) in [4.78, 5) is 6.99. The van der Waals surface area contributed by atoms with E-state index in [1.165, 1.54) is 16.9 Å². The van der Waals surface area contributed by atoms with Crippen LogP contribution in [0.15, 0.2) is 60.9 Å². The molecule has 1 aromatic heterocycles. The van der Waals surface area contributed by atoms with Crippen LogP contribution < -0.4 is 10.2 Å². The van der Waals surface area contributed by atoms with E-state index in [-0.39, 0.29) is 24.8 Å². The van der Waals surface area contributed by atoms with Gasteiger partial charge in [-0.3, -0.25) is 0 Å². The molecule has 4 nitrogen and oxygen atoms in total. The molecular weight excluding hydrogens is 391 g/mol. The average Bonchev–Trinajstić information content (AvgIpc) is 3.12. The molecule has 0 amide bonds. The SMILES string of the molecule is CCN(C)c1ccc(-c2c(-c3ccccc3)ncn2CCCNC)cc1.Cl.Cl. The van der Waals surface area contributed by atoms with Crippen LogP contribution in [-0.4, -0.2) is 36.7 Å². The lowest BCUT2D eigenvalue weighted by Crippen LogP contribution is -2.15. The highest BCUT2D eigenvalue weighted by atomic mass is 35.5. The lowest BCUT2D eigenvalue weighted by molar-refractivity contribution is 0.616. The van der Waals surface area contributed by atoms with Crippen molar-refractivity contribution < 1.29 is 0 Å². The van der Waals surface area contributed by atoms with E-state index < -0.39 is 0 Å². The van der Waals surface area contributed by atoms with Crippen molar-refractivity contribution in [3.05, 3.63) is 60.9 Å². The number of nitrogens with one attached hydrogen (secondary N) is 1. The van der Waals surface area contributed by atoms with Gasteiger partial charge in [0.15, 0.2) is 0 Å². The summed E-state index contributed by atoms with van der Waals surface area (Å²) >= 11 is 0. The molecule has 0 fully saturated rings.